The molecule has 0 spiro atoms. The van der Waals surface area contributed by atoms with Crippen molar-refractivity contribution in [2.24, 2.45) is 0 Å². The molecule has 0 aliphatic carbocycles. The average molecular weight is 383 g/mol. The van der Waals surface area contributed by atoms with Crippen LogP contribution in [0, 0.1) is 18.3 Å². The molecule has 1 aromatic heterocycles. The molecule has 1 heterocycles. The van der Waals surface area contributed by atoms with E-state index in [1.54, 1.807) is 31.2 Å². The van der Waals surface area contributed by atoms with Crippen LogP contribution in [0.2, 0.25) is 0 Å². The first-order valence-corrected chi connectivity index (χ1v) is 9.40. The van der Waals surface area contributed by atoms with Crippen LogP contribution in [0.1, 0.15) is 47.6 Å². The topological polar surface area (TPSA) is 92.1 Å². The van der Waals surface area contributed by atoms with E-state index in [1.807, 2.05) is 6.07 Å². The molecule has 1 N–H and O–H groups in total. The highest BCUT2D eigenvalue weighted by molar-refractivity contribution is 7.17. The van der Waals surface area contributed by atoms with Crippen LogP contribution in [0.25, 0.3) is 6.08 Å². The lowest BCUT2D eigenvalue weighted by Crippen LogP contribution is -2.13. The lowest BCUT2D eigenvalue weighted by atomic mass is 10.1. The second-order valence-corrected chi connectivity index (χ2v) is 6.88. The fraction of sp³-hybridized carbons (Fsp3) is 0.300. The molecule has 0 aliphatic rings. The zero-order valence-corrected chi connectivity index (χ0v) is 16.4. The number of nitriles is 1. The monoisotopic (exact) mass is 383 g/mol. The molecule has 0 fully saturated rings. The second kappa shape index (κ2) is 9.64. The van der Waals surface area contributed by atoms with E-state index in [9.17, 15) is 14.9 Å². The quantitative estimate of drug-likeness (QED) is 0.316. The summed E-state index contributed by atoms with van der Waals surface area (Å²) in [7, 11) is 0. The van der Waals surface area contributed by atoms with E-state index in [0.717, 1.165) is 29.9 Å². The van der Waals surface area contributed by atoms with Gasteiger partial charge in [-0.25, -0.2) is 4.98 Å². The van der Waals surface area contributed by atoms with Gasteiger partial charge in [-0.05, 0) is 37.1 Å². The molecule has 1 aromatic carbocycles. The maximum atomic E-state index is 12.3. The SMILES string of the molecule is CCCCOc1ccc(/C=C(\C#N)C(=O)Nc2nc(C)c(C(C)=O)s2)cc1. The van der Waals surface area contributed by atoms with Crippen LogP contribution in [0.5, 0.6) is 5.75 Å². The van der Waals surface area contributed by atoms with Gasteiger partial charge in [0.25, 0.3) is 5.91 Å². The number of hydrogen-bond acceptors (Lipinski definition) is 6. The number of ketones is 1. The molecule has 0 unspecified atom stereocenters. The highest BCUT2D eigenvalue weighted by Gasteiger charge is 2.15. The molecule has 0 saturated heterocycles. The minimum Gasteiger partial charge on any atom is -0.494 e. The number of carbonyl (C=O) groups excluding carboxylic acids is 2. The Balaban J connectivity index is 2.08. The van der Waals surface area contributed by atoms with Crippen molar-refractivity contribution < 1.29 is 14.3 Å². The number of Topliss-reactive ketones (excluding diaryl/α,β-unsaturated/α-hetero) is 1. The van der Waals surface area contributed by atoms with E-state index >= 15 is 0 Å². The molecule has 0 aliphatic heterocycles. The number of amides is 1. The number of ether oxygens (including phenoxy) is 1. The predicted octanol–water partition coefficient (Wildman–Crippen LogP) is 4.38. The molecule has 7 heteroatoms. The third-order valence-electron chi connectivity index (χ3n) is 3.66. The molecular formula is C20H21N3O3S. The molecule has 27 heavy (non-hydrogen) atoms. The van der Waals surface area contributed by atoms with E-state index in [0.29, 0.717) is 27.9 Å². The largest absolute Gasteiger partial charge is 0.494 e. The Labute approximate surface area is 162 Å². The number of hydrogen-bond donors (Lipinski definition) is 1. The van der Waals surface area contributed by atoms with Gasteiger partial charge in [0.1, 0.15) is 17.4 Å². The lowest BCUT2D eigenvalue weighted by molar-refractivity contribution is -0.112. The van der Waals surface area contributed by atoms with Crippen LogP contribution >= 0.6 is 11.3 Å². The minimum atomic E-state index is -0.565. The Hall–Kier alpha value is -2.98. The number of unbranched alkanes of at least 4 members (excludes halogenated alkanes) is 1. The van der Waals surface area contributed by atoms with Gasteiger partial charge in [0, 0.05) is 6.92 Å². The molecule has 6 nitrogen and oxygen atoms in total. The second-order valence-electron chi connectivity index (χ2n) is 5.88. The van der Waals surface area contributed by atoms with Crippen LogP contribution in [0.15, 0.2) is 29.8 Å². The summed E-state index contributed by atoms with van der Waals surface area (Å²) in [6, 6.07) is 9.08. The molecule has 0 atom stereocenters. The fourth-order valence-electron chi connectivity index (χ4n) is 2.25. The maximum Gasteiger partial charge on any atom is 0.268 e. The van der Waals surface area contributed by atoms with Crippen molar-refractivity contribution in [2.75, 3.05) is 11.9 Å². The summed E-state index contributed by atoms with van der Waals surface area (Å²) in [6.07, 6.45) is 3.55. The summed E-state index contributed by atoms with van der Waals surface area (Å²) in [6.45, 7) is 5.91. The van der Waals surface area contributed by atoms with Crippen LogP contribution in [0.4, 0.5) is 5.13 Å². The zero-order valence-electron chi connectivity index (χ0n) is 15.5. The van der Waals surface area contributed by atoms with Gasteiger partial charge in [0.15, 0.2) is 10.9 Å². The van der Waals surface area contributed by atoms with Crippen LogP contribution in [-0.4, -0.2) is 23.3 Å². The van der Waals surface area contributed by atoms with E-state index in [2.05, 4.69) is 17.2 Å². The molecular weight excluding hydrogens is 362 g/mol. The van der Waals surface area contributed by atoms with Gasteiger partial charge in [0.2, 0.25) is 0 Å². The summed E-state index contributed by atoms with van der Waals surface area (Å²) in [5.41, 5.74) is 1.22. The Morgan fingerprint density at radius 1 is 1.33 bits per heavy atom. The van der Waals surface area contributed by atoms with Gasteiger partial charge in [0.05, 0.1) is 17.2 Å². The number of nitrogens with one attached hydrogen (secondary N) is 1. The van der Waals surface area contributed by atoms with Crippen molar-refractivity contribution in [3.05, 3.63) is 46.0 Å². The summed E-state index contributed by atoms with van der Waals surface area (Å²) in [5, 5.41) is 12.2. The van der Waals surface area contributed by atoms with Gasteiger partial charge in [-0.1, -0.05) is 36.8 Å². The number of anilines is 1. The van der Waals surface area contributed by atoms with Crippen molar-refractivity contribution in [2.45, 2.75) is 33.6 Å². The van der Waals surface area contributed by atoms with Crippen LogP contribution < -0.4 is 10.1 Å². The van der Waals surface area contributed by atoms with Gasteiger partial charge < -0.3 is 4.74 Å². The van der Waals surface area contributed by atoms with Gasteiger partial charge >= 0.3 is 0 Å². The smallest absolute Gasteiger partial charge is 0.268 e. The normalized spacial score (nSPS) is 11.0. The first-order valence-electron chi connectivity index (χ1n) is 8.59. The molecule has 2 rings (SSSR count). The number of benzene rings is 1. The van der Waals surface area contributed by atoms with Crippen LogP contribution in [-0.2, 0) is 4.79 Å². The Morgan fingerprint density at radius 2 is 2.04 bits per heavy atom. The summed E-state index contributed by atoms with van der Waals surface area (Å²) in [5.74, 6) is 0.0750. The summed E-state index contributed by atoms with van der Waals surface area (Å²) >= 11 is 1.10. The highest BCUT2D eigenvalue weighted by Crippen LogP contribution is 2.23. The van der Waals surface area contributed by atoms with E-state index in [1.165, 1.54) is 13.0 Å². The fourth-order valence-corrected chi connectivity index (χ4v) is 3.11. The third-order valence-corrected chi connectivity index (χ3v) is 4.83. The Kier molecular flexibility index (Phi) is 7.26. The van der Waals surface area contributed by atoms with Crippen molar-refractivity contribution in [3.63, 3.8) is 0 Å². The molecule has 2 aromatic rings. The average Bonchev–Trinajstić information content (AvgIpc) is 3.01. The molecule has 0 bridgehead atoms. The van der Waals surface area contributed by atoms with Gasteiger partial charge in [-0.15, -0.1) is 0 Å². The van der Waals surface area contributed by atoms with E-state index in [4.69, 9.17) is 4.74 Å². The molecule has 0 saturated carbocycles. The van der Waals surface area contributed by atoms with E-state index in [-0.39, 0.29) is 11.4 Å². The van der Waals surface area contributed by atoms with Gasteiger partial charge in [-0.2, -0.15) is 5.26 Å². The van der Waals surface area contributed by atoms with Gasteiger partial charge in [-0.3, -0.25) is 14.9 Å². The third kappa shape index (κ3) is 5.76. The van der Waals surface area contributed by atoms with Crippen molar-refractivity contribution >= 4 is 34.2 Å². The first kappa shape index (κ1) is 20.3. The van der Waals surface area contributed by atoms with Crippen molar-refractivity contribution in [1.82, 2.24) is 4.98 Å². The number of aryl methyl sites for hydroxylation is 1. The standard InChI is InChI=1S/C20H21N3O3S/c1-4-5-10-26-17-8-6-15(7-9-17)11-16(12-21)19(25)23-20-22-13(2)18(27-20)14(3)24/h6-9,11H,4-5,10H2,1-3H3,(H,22,23,25)/b16-11+. The van der Waals surface area contributed by atoms with Crippen molar-refractivity contribution in [1.29, 1.82) is 5.26 Å². The minimum absolute atomic E-state index is 0.0492. The molecule has 0 radical (unpaired) electrons. The summed E-state index contributed by atoms with van der Waals surface area (Å²) < 4.78 is 5.59. The number of aromatic nitrogens is 1. The highest BCUT2D eigenvalue weighted by atomic mass is 32.1. The van der Waals surface area contributed by atoms with Crippen molar-refractivity contribution in [3.8, 4) is 11.8 Å². The zero-order chi connectivity index (χ0) is 19.8. The van der Waals surface area contributed by atoms with Crippen LogP contribution in [0.3, 0.4) is 0 Å². The lowest BCUT2D eigenvalue weighted by Gasteiger charge is -2.05. The first-order chi connectivity index (χ1) is 12.9. The number of rotatable bonds is 8. The molecule has 1 amide bonds. The predicted molar refractivity (Wildman–Crippen MR) is 106 cm³/mol. The Bertz CT molecular complexity index is 892. The molecule has 140 valence electrons. The number of nitrogens with zero attached hydrogens (tertiary/aromatic N) is 2. The van der Waals surface area contributed by atoms with E-state index < -0.39 is 5.91 Å². The summed E-state index contributed by atoms with van der Waals surface area (Å²) in [4.78, 5) is 28.5. The number of carbonyl (C=O) groups is 2. The maximum absolute atomic E-state index is 12.3. The Morgan fingerprint density at radius 3 is 2.59 bits per heavy atom. The number of thiazole rings is 1.